The van der Waals surface area contributed by atoms with Crippen molar-refractivity contribution in [1.29, 1.82) is 0 Å². The molecule has 1 aliphatic rings. The summed E-state index contributed by atoms with van der Waals surface area (Å²) >= 11 is 6.64. The van der Waals surface area contributed by atoms with Gasteiger partial charge in [0.05, 0.1) is 10.7 Å². The van der Waals surface area contributed by atoms with Gasteiger partial charge in [0.25, 0.3) is 5.56 Å². The van der Waals surface area contributed by atoms with E-state index in [1.165, 1.54) is 11.1 Å². The van der Waals surface area contributed by atoms with Crippen LogP contribution in [0.5, 0.6) is 0 Å². The monoisotopic (exact) mass is 491 g/mol. The number of hydrogen-bond donors (Lipinski definition) is 2. The Morgan fingerprint density at radius 2 is 1.91 bits per heavy atom. The SMILES string of the molecule is CC(C)n1c(=O)c2cnc(Nc3ccc4c(c3)CCNC4)nc2n1-c1cc(C(C)(C)C)ncc1Cl. The first-order valence-electron chi connectivity index (χ1n) is 11.9. The molecule has 0 fully saturated rings. The lowest BCUT2D eigenvalue weighted by atomic mass is 9.91. The Morgan fingerprint density at radius 3 is 2.66 bits per heavy atom. The summed E-state index contributed by atoms with van der Waals surface area (Å²) in [7, 11) is 0. The van der Waals surface area contributed by atoms with Crippen molar-refractivity contribution >= 4 is 34.3 Å². The van der Waals surface area contributed by atoms with Gasteiger partial charge < -0.3 is 10.6 Å². The van der Waals surface area contributed by atoms with Crippen LogP contribution in [0.15, 0.2) is 41.5 Å². The van der Waals surface area contributed by atoms with E-state index in [9.17, 15) is 4.79 Å². The molecule has 35 heavy (non-hydrogen) atoms. The number of aromatic nitrogens is 5. The van der Waals surface area contributed by atoms with Crippen molar-refractivity contribution in [1.82, 2.24) is 29.6 Å². The summed E-state index contributed by atoms with van der Waals surface area (Å²) in [6.07, 6.45) is 4.21. The number of halogens is 1. The van der Waals surface area contributed by atoms with Gasteiger partial charge in [-0.1, -0.05) is 38.4 Å². The highest BCUT2D eigenvalue weighted by Crippen LogP contribution is 2.30. The number of anilines is 2. The van der Waals surface area contributed by atoms with Crippen LogP contribution in [-0.2, 0) is 18.4 Å². The summed E-state index contributed by atoms with van der Waals surface area (Å²) in [5.41, 5.74) is 5.23. The fraction of sp³-hybridized carbons (Fsp3) is 0.385. The summed E-state index contributed by atoms with van der Waals surface area (Å²) in [4.78, 5) is 27.1. The Labute approximate surface area is 209 Å². The molecule has 0 radical (unpaired) electrons. The molecule has 0 saturated carbocycles. The van der Waals surface area contributed by atoms with Crippen LogP contribution in [-0.4, -0.2) is 30.9 Å². The van der Waals surface area contributed by atoms with E-state index in [1.807, 2.05) is 26.0 Å². The molecule has 0 amide bonds. The Balaban J connectivity index is 1.66. The smallest absolute Gasteiger partial charge is 0.278 e. The zero-order valence-corrected chi connectivity index (χ0v) is 21.4. The van der Waals surface area contributed by atoms with Gasteiger partial charge >= 0.3 is 0 Å². The highest BCUT2D eigenvalue weighted by molar-refractivity contribution is 6.32. The maximum atomic E-state index is 13.4. The number of nitrogens with zero attached hydrogens (tertiary/aromatic N) is 5. The van der Waals surface area contributed by atoms with Gasteiger partial charge in [-0.05, 0) is 56.1 Å². The first-order chi connectivity index (χ1) is 16.6. The van der Waals surface area contributed by atoms with Crippen LogP contribution in [0, 0.1) is 0 Å². The maximum Gasteiger partial charge on any atom is 0.278 e. The van der Waals surface area contributed by atoms with Gasteiger partial charge in [-0.15, -0.1) is 0 Å². The fourth-order valence-corrected chi connectivity index (χ4v) is 4.63. The van der Waals surface area contributed by atoms with Crippen LogP contribution in [0.4, 0.5) is 11.6 Å². The molecular formula is C26H30ClN7O. The minimum atomic E-state index is -0.186. The molecule has 0 atom stereocenters. The summed E-state index contributed by atoms with van der Waals surface area (Å²) in [6.45, 7) is 12.1. The molecule has 182 valence electrons. The van der Waals surface area contributed by atoms with E-state index in [0.717, 1.165) is 30.9 Å². The molecular weight excluding hydrogens is 462 g/mol. The molecule has 1 aromatic carbocycles. The predicted octanol–water partition coefficient (Wildman–Crippen LogP) is 4.90. The van der Waals surface area contributed by atoms with Crippen LogP contribution in [0.2, 0.25) is 5.02 Å². The van der Waals surface area contributed by atoms with E-state index in [-0.39, 0.29) is 17.0 Å². The largest absolute Gasteiger partial charge is 0.324 e. The predicted molar refractivity (Wildman–Crippen MR) is 140 cm³/mol. The van der Waals surface area contributed by atoms with E-state index in [0.29, 0.717) is 27.7 Å². The van der Waals surface area contributed by atoms with E-state index in [4.69, 9.17) is 16.6 Å². The molecule has 0 saturated heterocycles. The van der Waals surface area contributed by atoms with Crippen molar-refractivity contribution in [3.63, 3.8) is 0 Å². The summed E-state index contributed by atoms with van der Waals surface area (Å²) in [5, 5.41) is 7.59. The van der Waals surface area contributed by atoms with Crippen molar-refractivity contribution < 1.29 is 0 Å². The zero-order chi connectivity index (χ0) is 24.9. The van der Waals surface area contributed by atoms with E-state index in [2.05, 4.69) is 53.5 Å². The number of benzene rings is 1. The molecule has 1 aliphatic heterocycles. The number of rotatable bonds is 4. The van der Waals surface area contributed by atoms with Crippen LogP contribution in [0.3, 0.4) is 0 Å². The van der Waals surface area contributed by atoms with Gasteiger partial charge in [0.15, 0.2) is 5.65 Å². The second kappa shape index (κ2) is 8.77. The first-order valence-corrected chi connectivity index (χ1v) is 12.3. The Kier molecular flexibility index (Phi) is 5.89. The third kappa shape index (κ3) is 4.32. The lowest BCUT2D eigenvalue weighted by Gasteiger charge is -2.21. The molecule has 9 heteroatoms. The van der Waals surface area contributed by atoms with Gasteiger partial charge in [0.1, 0.15) is 5.39 Å². The van der Waals surface area contributed by atoms with Crippen LogP contribution < -0.4 is 16.2 Å². The quantitative estimate of drug-likeness (QED) is 0.422. The van der Waals surface area contributed by atoms with Crippen molar-refractivity contribution in [3.05, 3.63) is 68.9 Å². The zero-order valence-electron chi connectivity index (χ0n) is 20.7. The van der Waals surface area contributed by atoms with Crippen molar-refractivity contribution in [3.8, 4) is 5.69 Å². The number of nitrogens with one attached hydrogen (secondary N) is 2. The molecule has 8 nitrogen and oxygen atoms in total. The average molecular weight is 492 g/mol. The van der Waals surface area contributed by atoms with Gasteiger partial charge in [-0.3, -0.25) is 9.78 Å². The number of pyridine rings is 1. The molecule has 0 spiro atoms. The molecule has 2 N–H and O–H groups in total. The van der Waals surface area contributed by atoms with Crippen LogP contribution in [0.1, 0.15) is 57.5 Å². The highest BCUT2D eigenvalue weighted by atomic mass is 35.5. The van der Waals surface area contributed by atoms with Crippen molar-refractivity contribution in [2.75, 3.05) is 11.9 Å². The average Bonchev–Trinajstić information content (AvgIpc) is 3.10. The molecule has 4 heterocycles. The fourth-order valence-electron chi connectivity index (χ4n) is 4.44. The number of hydrogen-bond acceptors (Lipinski definition) is 6. The van der Waals surface area contributed by atoms with E-state index in [1.54, 1.807) is 21.8 Å². The highest BCUT2D eigenvalue weighted by Gasteiger charge is 2.24. The maximum absolute atomic E-state index is 13.4. The van der Waals surface area contributed by atoms with Gasteiger partial charge in [-0.25, -0.2) is 14.3 Å². The lowest BCUT2D eigenvalue weighted by molar-refractivity contribution is 0.474. The summed E-state index contributed by atoms with van der Waals surface area (Å²) in [6, 6.07) is 8.11. The standard InChI is InChI=1S/C26H30ClN7O/c1-15(2)33-24(35)19-13-30-25(31-18-7-6-17-12-28-9-8-16(17)10-18)32-23(19)34(33)21-11-22(26(3,4)5)29-14-20(21)27/h6-7,10-11,13-15,28H,8-9,12H2,1-5H3,(H,30,31,32). The van der Waals surface area contributed by atoms with Gasteiger partial charge in [0, 0.05) is 41.8 Å². The molecule has 0 unspecified atom stereocenters. The minimum Gasteiger partial charge on any atom is -0.324 e. The summed E-state index contributed by atoms with van der Waals surface area (Å²) in [5.74, 6) is 0.419. The Hall–Kier alpha value is -3.23. The normalized spacial score (nSPS) is 13.9. The van der Waals surface area contributed by atoms with Gasteiger partial charge in [0.2, 0.25) is 5.95 Å². The molecule has 5 rings (SSSR count). The Bertz CT molecular complexity index is 1480. The number of fused-ring (bicyclic) bond motifs is 2. The van der Waals surface area contributed by atoms with Crippen LogP contribution >= 0.6 is 11.6 Å². The second-order valence-corrected chi connectivity index (χ2v) is 10.7. The van der Waals surface area contributed by atoms with Crippen molar-refractivity contribution in [2.24, 2.45) is 0 Å². The Morgan fingerprint density at radius 1 is 1.11 bits per heavy atom. The molecule has 4 aromatic rings. The second-order valence-electron chi connectivity index (χ2n) is 10.3. The van der Waals surface area contributed by atoms with Crippen LogP contribution in [0.25, 0.3) is 16.7 Å². The van der Waals surface area contributed by atoms with E-state index < -0.39 is 0 Å². The topological polar surface area (TPSA) is 89.7 Å². The molecule has 3 aromatic heterocycles. The summed E-state index contributed by atoms with van der Waals surface area (Å²) < 4.78 is 3.47. The molecule has 0 bridgehead atoms. The lowest BCUT2D eigenvalue weighted by Crippen LogP contribution is -2.25. The first kappa shape index (κ1) is 23.5. The van der Waals surface area contributed by atoms with Crippen molar-refractivity contribution in [2.45, 2.75) is 59.0 Å². The third-order valence-corrected chi connectivity index (χ3v) is 6.58. The van der Waals surface area contributed by atoms with Gasteiger partial charge in [-0.2, -0.15) is 4.98 Å². The van der Waals surface area contributed by atoms with E-state index >= 15 is 0 Å². The molecule has 0 aliphatic carbocycles. The minimum absolute atomic E-state index is 0.121. The third-order valence-electron chi connectivity index (χ3n) is 6.29.